The summed E-state index contributed by atoms with van der Waals surface area (Å²) in [5.41, 5.74) is 0. The van der Waals surface area contributed by atoms with Crippen LogP contribution in [-0.2, 0) is 19.7 Å². The van der Waals surface area contributed by atoms with Crippen molar-refractivity contribution in [2.75, 3.05) is 32.9 Å². The molecule has 0 spiro atoms. The van der Waals surface area contributed by atoms with E-state index < -0.39 is 10.2 Å². The normalized spacial score (nSPS) is 26.1. The highest BCUT2D eigenvalue weighted by atomic mass is 32.2. The highest BCUT2D eigenvalue weighted by Crippen LogP contribution is 2.33. The quantitative estimate of drug-likeness (QED) is 0.722. The molecule has 0 amide bonds. The SMILES string of the molecule is O=S(=O)(NCCOC[C@H]1CCCO1)N1CCC[C@@H]1c1ccco1. The lowest BCUT2D eigenvalue weighted by Crippen LogP contribution is -2.41. The minimum Gasteiger partial charge on any atom is -0.468 e. The first-order valence-corrected chi connectivity index (χ1v) is 9.60. The molecule has 0 aliphatic carbocycles. The molecule has 130 valence electrons. The number of hydrogen-bond donors (Lipinski definition) is 1. The fourth-order valence-corrected chi connectivity index (χ4v) is 4.53. The highest BCUT2D eigenvalue weighted by molar-refractivity contribution is 7.87. The summed E-state index contributed by atoms with van der Waals surface area (Å²) in [5, 5.41) is 0. The van der Waals surface area contributed by atoms with Crippen LogP contribution in [-0.4, -0.2) is 51.7 Å². The van der Waals surface area contributed by atoms with E-state index in [1.54, 1.807) is 12.3 Å². The van der Waals surface area contributed by atoms with Crippen molar-refractivity contribution >= 4 is 10.2 Å². The van der Waals surface area contributed by atoms with Crippen LogP contribution in [0.25, 0.3) is 0 Å². The highest BCUT2D eigenvalue weighted by Gasteiger charge is 2.36. The van der Waals surface area contributed by atoms with Gasteiger partial charge < -0.3 is 13.9 Å². The largest absolute Gasteiger partial charge is 0.468 e. The number of furan rings is 1. The predicted molar refractivity (Wildman–Crippen MR) is 84.1 cm³/mol. The molecule has 0 bridgehead atoms. The van der Waals surface area contributed by atoms with Crippen molar-refractivity contribution in [3.05, 3.63) is 24.2 Å². The maximum Gasteiger partial charge on any atom is 0.280 e. The van der Waals surface area contributed by atoms with E-state index in [4.69, 9.17) is 13.9 Å². The minimum atomic E-state index is -3.52. The molecule has 0 radical (unpaired) electrons. The van der Waals surface area contributed by atoms with Crippen LogP contribution < -0.4 is 4.72 Å². The van der Waals surface area contributed by atoms with E-state index in [0.717, 1.165) is 32.3 Å². The van der Waals surface area contributed by atoms with Gasteiger partial charge in [-0.1, -0.05) is 0 Å². The van der Waals surface area contributed by atoms with E-state index in [1.165, 1.54) is 4.31 Å². The van der Waals surface area contributed by atoms with Gasteiger partial charge in [0.25, 0.3) is 10.2 Å². The molecular formula is C15H24N2O5S. The van der Waals surface area contributed by atoms with Crippen molar-refractivity contribution in [1.82, 2.24) is 9.03 Å². The van der Waals surface area contributed by atoms with Gasteiger partial charge in [0.2, 0.25) is 0 Å². The minimum absolute atomic E-state index is 0.161. The van der Waals surface area contributed by atoms with Crippen molar-refractivity contribution in [3.63, 3.8) is 0 Å². The number of ether oxygens (including phenoxy) is 2. The molecule has 7 nitrogen and oxygen atoms in total. The van der Waals surface area contributed by atoms with Crippen LogP contribution in [0.3, 0.4) is 0 Å². The van der Waals surface area contributed by atoms with E-state index in [9.17, 15) is 8.42 Å². The topological polar surface area (TPSA) is 81.0 Å². The van der Waals surface area contributed by atoms with Crippen molar-refractivity contribution in [1.29, 1.82) is 0 Å². The van der Waals surface area contributed by atoms with Gasteiger partial charge in [-0.25, -0.2) is 0 Å². The summed E-state index contributed by atoms with van der Waals surface area (Å²) in [7, 11) is -3.52. The molecule has 3 rings (SSSR count). The lowest BCUT2D eigenvalue weighted by atomic mass is 10.2. The van der Waals surface area contributed by atoms with E-state index >= 15 is 0 Å². The van der Waals surface area contributed by atoms with Gasteiger partial charge in [0.05, 0.1) is 31.6 Å². The number of rotatable bonds is 8. The molecule has 3 heterocycles. The summed E-state index contributed by atoms with van der Waals surface area (Å²) in [6.07, 6.45) is 5.44. The van der Waals surface area contributed by atoms with Crippen LogP contribution in [0.15, 0.2) is 22.8 Å². The Labute approximate surface area is 137 Å². The first kappa shape index (κ1) is 16.9. The van der Waals surface area contributed by atoms with Crippen LogP contribution in [0.4, 0.5) is 0 Å². The Morgan fingerprint density at radius 2 is 2.26 bits per heavy atom. The Balaban J connectivity index is 1.44. The predicted octanol–water partition coefficient (Wildman–Crippen LogP) is 1.45. The third-order valence-corrected chi connectivity index (χ3v) is 5.87. The zero-order valence-electron chi connectivity index (χ0n) is 13.1. The van der Waals surface area contributed by atoms with Crippen LogP contribution in [0.2, 0.25) is 0 Å². The van der Waals surface area contributed by atoms with E-state index in [-0.39, 0.29) is 18.7 Å². The van der Waals surface area contributed by atoms with Crippen molar-refractivity contribution in [3.8, 4) is 0 Å². The number of hydrogen-bond acceptors (Lipinski definition) is 5. The monoisotopic (exact) mass is 344 g/mol. The van der Waals surface area contributed by atoms with Gasteiger partial charge in [0.15, 0.2) is 0 Å². The second kappa shape index (κ2) is 7.76. The van der Waals surface area contributed by atoms with Crippen LogP contribution in [0, 0.1) is 0 Å². The summed E-state index contributed by atoms with van der Waals surface area (Å²) in [5.74, 6) is 0.697. The molecule has 1 N–H and O–H groups in total. The van der Waals surface area contributed by atoms with Crippen molar-refractivity contribution in [2.24, 2.45) is 0 Å². The molecule has 2 saturated heterocycles. The van der Waals surface area contributed by atoms with Crippen LogP contribution in [0.5, 0.6) is 0 Å². The Kier molecular flexibility index (Phi) is 5.71. The standard InChI is InChI=1S/C15H24N2O5S/c18-23(19,16-7-11-20-12-13-4-2-9-21-13)17-8-1-5-14(17)15-6-3-10-22-15/h3,6,10,13-14,16H,1-2,4-5,7-9,11-12H2/t13-,14-/m1/s1. The lowest BCUT2D eigenvalue weighted by molar-refractivity contribution is 0.0192. The molecular weight excluding hydrogens is 320 g/mol. The zero-order valence-corrected chi connectivity index (χ0v) is 14.0. The van der Waals surface area contributed by atoms with Gasteiger partial charge in [-0.2, -0.15) is 17.4 Å². The maximum atomic E-state index is 12.5. The fraction of sp³-hybridized carbons (Fsp3) is 0.733. The van der Waals surface area contributed by atoms with Gasteiger partial charge >= 0.3 is 0 Å². The lowest BCUT2D eigenvalue weighted by Gasteiger charge is -2.22. The summed E-state index contributed by atoms with van der Waals surface area (Å²) in [6.45, 7) is 2.44. The molecule has 0 aromatic carbocycles. The first-order valence-electron chi connectivity index (χ1n) is 8.16. The smallest absolute Gasteiger partial charge is 0.280 e. The third kappa shape index (κ3) is 4.33. The van der Waals surface area contributed by atoms with Gasteiger partial charge in [0.1, 0.15) is 5.76 Å². The summed E-state index contributed by atoms with van der Waals surface area (Å²) >= 11 is 0. The Bertz CT molecular complexity index is 569. The molecule has 2 atom stereocenters. The fourth-order valence-electron chi connectivity index (χ4n) is 3.11. The number of nitrogens with zero attached hydrogens (tertiary/aromatic N) is 1. The summed E-state index contributed by atoms with van der Waals surface area (Å²) in [6, 6.07) is 3.39. The third-order valence-electron chi connectivity index (χ3n) is 4.24. The summed E-state index contributed by atoms with van der Waals surface area (Å²) < 4.78 is 45.3. The zero-order chi connectivity index (χ0) is 16.1. The van der Waals surface area contributed by atoms with E-state index in [2.05, 4.69) is 4.72 Å². The maximum absolute atomic E-state index is 12.5. The van der Waals surface area contributed by atoms with E-state index in [1.807, 2.05) is 6.07 Å². The second-order valence-electron chi connectivity index (χ2n) is 5.89. The van der Waals surface area contributed by atoms with Crippen molar-refractivity contribution in [2.45, 2.75) is 37.8 Å². The molecule has 2 aliphatic rings. The van der Waals surface area contributed by atoms with Gasteiger partial charge in [-0.05, 0) is 37.8 Å². The summed E-state index contributed by atoms with van der Waals surface area (Å²) in [4.78, 5) is 0. The van der Waals surface area contributed by atoms with Crippen LogP contribution >= 0.6 is 0 Å². The second-order valence-corrected chi connectivity index (χ2v) is 7.60. The molecule has 0 unspecified atom stereocenters. The van der Waals surface area contributed by atoms with Gasteiger partial charge in [-0.15, -0.1) is 0 Å². The molecule has 2 aliphatic heterocycles. The molecule has 0 saturated carbocycles. The van der Waals surface area contributed by atoms with Crippen molar-refractivity contribution < 1.29 is 22.3 Å². The molecule has 8 heteroatoms. The molecule has 1 aromatic heterocycles. The average molecular weight is 344 g/mol. The molecule has 2 fully saturated rings. The van der Waals surface area contributed by atoms with E-state index in [0.29, 0.717) is 25.5 Å². The Morgan fingerprint density at radius 3 is 3.00 bits per heavy atom. The average Bonchev–Trinajstić information content (AvgIpc) is 3.27. The Hall–Kier alpha value is -0.930. The van der Waals surface area contributed by atoms with Gasteiger partial charge in [0, 0.05) is 19.7 Å². The molecule has 1 aromatic rings. The number of nitrogens with one attached hydrogen (secondary N) is 1. The first-order chi connectivity index (χ1) is 11.2. The van der Waals surface area contributed by atoms with Gasteiger partial charge in [-0.3, -0.25) is 0 Å². The van der Waals surface area contributed by atoms with Crippen LogP contribution in [0.1, 0.15) is 37.5 Å². The molecule has 23 heavy (non-hydrogen) atoms. The Morgan fingerprint density at radius 1 is 1.35 bits per heavy atom.